The van der Waals surface area contributed by atoms with E-state index in [0.717, 1.165) is 31.9 Å². The van der Waals surface area contributed by atoms with E-state index in [1.165, 1.54) is 10.4 Å². The van der Waals surface area contributed by atoms with Gasteiger partial charge in [-0.2, -0.15) is 0 Å². The van der Waals surface area contributed by atoms with Crippen molar-refractivity contribution in [1.82, 2.24) is 10.2 Å². The molecule has 0 bridgehead atoms. The van der Waals surface area contributed by atoms with E-state index in [9.17, 15) is 0 Å². The Morgan fingerprint density at radius 3 is 2.94 bits per heavy atom. The molecular weight excluding hydrogens is 244 g/mol. The fourth-order valence-electron chi connectivity index (χ4n) is 1.93. The van der Waals surface area contributed by atoms with Crippen LogP contribution in [0.15, 0.2) is 34.3 Å². The third kappa shape index (κ3) is 3.70. The Hall–Kier alpha value is -1.10. The van der Waals surface area contributed by atoms with Gasteiger partial charge >= 0.3 is 0 Å². The van der Waals surface area contributed by atoms with E-state index in [0.29, 0.717) is 0 Å². The minimum atomic E-state index is 0.862. The van der Waals surface area contributed by atoms with Crippen molar-refractivity contribution >= 4 is 11.3 Å². The van der Waals surface area contributed by atoms with Gasteiger partial charge in [-0.05, 0) is 31.1 Å². The average molecular weight is 264 g/mol. The van der Waals surface area contributed by atoms with Gasteiger partial charge < -0.3 is 9.73 Å². The molecule has 0 fully saturated rings. The number of nitrogens with zero attached hydrogens (tertiary/aromatic N) is 1. The molecule has 2 heterocycles. The first-order valence-electron chi connectivity index (χ1n) is 6.27. The third-order valence-corrected chi connectivity index (χ3v) is 3.74. The molecule has 0 radical (unpaired) electrons. The van der Waals surface area contributed by atoms with Gasteiger partial charge in [0.05, 0.1) is 12.8 Å². The van der Waals surface area contributed by atoms with Crippen LogP contribution in [-0.4, -0.2) is 18.5 Å². The van der Waals surface area contributed by atoms with Crippen molar-refractivity contribution in [2.75, 3.05) is 13.6 Å². The van der Waals surface area contributed by atoms with Gasteiger partial charge in [0, 0.05) is 23.5 Å². The van der Waals surface area contributed by atoms with Crippen molar-refractivity contribution in [2.45, 2.75) is 26.6 Å². The van der Waals surface area contributed by atoms with Gasteiger partial charge in [-0.25, -0.2) is 0 Å². The Morgan fingerprint density at radius 1 is 1.39 bits per heavy atom. The smallest absolute Gasteiger partial charge is 0.118 e. The molecule has 2 rings (SSSR count). The van der Waals surface area contributed by atoms with Crippen LogP contribution in [-0.2, 0) is 19.6 Å². The van der Waals surface area contributed by atoms with Crippen LogP contribution in [0.4, 0.5) is 0 Å². The lowest BCUT2D eigenvalue weighted by atomic mass is 10.3. The van der Waals surface area contributed by atoms with Gasteiger partial charge in [0.25, 0.3) is 0 Å². The molecule has 0 unspecified atom stereocenters. The molecule has 0 saturated carbocycles. The molecule has 0 aliphatic rings. The predicted octanol–water partition coefficient (Wildman–Crippen LogP) is 3.08. The van der Waals surface area contributed by atoms with Crippen LogP contribution in [0.5, 0.6) is 0 Å². The zero-order valence-corrected chi connectivity index (χ0v) is 11.8. The van der Waals surface area contributed by atoms with Crippen LogP contribution in [0, 0.1) is 0 Å². The minimum absolute atomic E-state index is 0.862. The quantitative estimate of drug-likeness (QED) is 0.833. The average Bonchev–Trinajstić information content (AvgIpc) is 3.01. The molecule has 0 saturated heterocycles. The van der Waals surface area contributed by atoms with E-state index in [1.54, 1.807) is 0 Å². The maximum Gasteiger partial charge on any atom is 0.118 e. The molecule has 3 nitrogen and oxygen atoms in total. The number of nitrogens with one attached hydrogen (secondary N) is 1. The molecule has 2 aromatic heterocycles. The number of hydrogen-bond acceptors (Lipinski definition) is 4. The fourth-order valence-corrected chi connectivity index (χ4v) is 2.67. The molecule has 0 aliphatic heterocycles. The fraction of sp³-hybridized carbons (Fsp3) is 0.429. The molecule has 1 N–H and O–H groups in total. The van der Waals surface area contributed by atoms with Crippen molar-refractivity contribution in [2.24, 2.45) is 0 Å². The number of thiophene rings is 1. The topological polar surface area (TPSA) is 28.4 Å². The van der Waals surface area contributed by atoms with Crippen LogP contribution >= 0.6 is 11.3 Å². The molecule has 98 valence electrons. The molecule has 0 spiro atoms. The summed E-state index contributed by atoms with van der Waals surface area (Å²) < 4.78 is 5.59. The molecule has 18 heavy (non-hydrogen) atoms. The standard InChI is InChI=1S/C14H20N2OS/c1-3-16(10-14-5-4-6-18-14)9-13-7-12(8-15-2)11-17-13/h4-7,11,15H,3,8-10H2,1-2H3. The maximum absolute atomic E-state index is 5.59. The highest BCUT2D eigenvalue weighted by atomic mass is 32.1. The van der Waals surface area contributed by atoms with Crippen molar-refractivity contribution in [3.8, 4) is 0 Å². The van der Waals surface area contributed by atoms with E-state index in [2.05, 4.69) is 40.7 Å². The second kappa shape index (κ2) is 6.73. The lowest BCUT2D eigenvalue weighted by Crippen LogP contribution is -2.21. The second-order valence-corrected chi connectivity index (χ2v) is 5.37. The highest BCUT2D eigenvalue weighted by molar-refractivity contribution is 7.09. The van der Waals surface area contributed by atoms with Crippen molar-refractivity contribution in [3.05, 3.63) is 46.0 Å². The summed E-state index contributed by atoms with van der Waals surface area (Å²) in [5.74, 6) is 1.04. The van der Waals surface area contributed by atoms with Crippen LogP contribution in [0.1, 0.15) is 23.1 Å². The van der Waals surface area contributed by atoms with Gasteiger partial charge in [-0.3, -0.25) is 4.90 Å². The lowest BCUT2D eigenvalue weighted by Gasteiger charge is -2.17. The van der Waals surface area contributed by atoms with Crippen LogP contribution < -0.4 is 5.32 Å². The van der Waals surface area contributed by atoms with Gasteiger partial charge in [0.15, 0.2) is 0 Å². The van der Waals surface area contributed by atoms with E-state index in [4.69, 9.17) is 4.42 Å². The van der Waals surface area contributed by atoms with Crippen molar-refractivity contribution in [3.63, 3.8) is 0 Å². The first-order valence-corrected chi connectivity index (χ1v) is 7.15. The Labute approximate surface area is 112 Å². The summed E-state index contributed by atoms with van der Waals surface area (Å²) in [6, 6.07) is 6.42. The molecule has 0 aromatic carbocycles. The summed E-state index contributed by atoms with van der Waals surface area (Å²) in [6.07, 6.45) is 1.84. The first-order chi connectivity index (χ1) is 8.81. The van der Waals surface area contributed by atoms with Gasteiger partial charge in [-0.1, -0.05) is 13.0 Å². The van der Waals surface area contributed by atoms with E-state index in [-0.39, 0.29) is 0 Å². The highest BCUT2D eigenvalue weighted by Gasteiger charge is 2.08. The van der Waals surface area contributed by atoms with Gasteiger partial charge in [0.2, 0.25) is 0 Å². The van der Waals surface area contributed by atoms with Crippen LogP contribution in [0.25, 0.3) is 0 Å². The second-order valence-electron chi connectivity index (χ2n) is 4.33. The Kier molecular flexibility index (Phi) is 4.99. The van der Waals surface area contributed by atoms with Crippen LogP contribution in [0.3, 0.4) is 0 Å². The Morgan fingerprint density at radius 2 is 2.28 bits per heavy atom. The lowest BCUT2D eigenvalue weighted by molar-refractivity contribution is 0.250. The molecule has 0 aliphatic carbocycles. The van der Waals surface area contributed by atoms with E-state index >= 15 is 0 Å². The molecule has 0 atom stereocenters. The first kappa shape index (κ1) is 13.3. The van der Waals surface area contributed by atoms with Crippen molar-refractivity contribution < 1.29 is 4.42 Å². The number of rotatable bonds is 7. The SMILES string of the molecule is CCN(Cc1cc(CNC)co1)Cc1cccs1. The largest absolute Gasteiger partial charge is 0.468 e. The zero-order chi connectivity index (χ0) is 12.8. The molecule has 4 heteroatoms. The summed E-state index contributed by atoms with van der Waals surface area (Å²) in [5.41, 5.74) is 1.21. The monoisotopic (exact) mass is 264 g/mol. The summed E-state index contributed by atoms with van der Waals surface area (Å²) in [7, 11) is 1.95. The van der Waals surface area contributed by atoms with Crippen molar-refractivity contribution in [1.29, 1.82) is 0 Å². The summed E-state index contributed by atoms with van der Waals surface area (Å²) in [6.45, 7) is 5.94. The summed E-state index contributed by atoms with van der Waals surface area (Å²) in [4.78, 5) is 3.78. The molecule has 2 aromatic rings. The van der Waals surface area contributed by atoms with E-state index in [1.807, 2.05) is 24.6 Å². The predicted molar refractivity (Wildman–Crippen MR) is 75.6 cm³/mol. The minimum Gasteiger partial charge on any atom is -0.468 e. The Bertz CT molecular complexity index is 450. The van der Waals surface area contributed by atoms with Gasteiger partial charge in [0.1, 0.15) is 5.76 Å². The van der Waals surface area contributed by atoms with Crippen LogP contribution in [0.2, 0.25) is 0 Å². The number of hydrogen-bond donors (Lipinski definition) is 1. The Balaban J connectivity index is 1.92. The number of furan rings is 1. The maximum atomic E-state index is 5.59. The third-order valence-electron chi connectivity index (χ3n) is 2.88. The zero-order valence-electron chi connectivity index (χ0n) is 11.0. The highest BCUT2D eigenvalue weighted by Crippen LogP contribution is 2.15. The molecular formula is C14H20N2OS. The normalized spacial score (nSPS) is 11.3. The summed E-state index contributed by atoms with van der Waals surface area (Å²) in [5, 5.41) is 5.26. The van der Waals surface area contributed by atoms with E-state index < -0.39 is 0 Å². The molecule has 0 amide bonds. The van der Waals surface area contributed by atoms with Gasteiger partial charge in [-0.15, -0.1) is 11.3 Å². The summed E-state index contributed by atoms with van der Waals surface area (Å²) >= 11 is 1.81.